The van der Waals surface area contributed by atoms with Crippen LogP contribution >= 0.6 is 11.3 Å². The monoisotopic (exact) mass is 324 g/mol. The van der Waals surface area contributed by atoms with Crippen molar-refractivity contribution in [2.24, 2.45) is 0 Å². The molecule has 23 heavy (non-hydrogen) atoms. The Balaban J connectivity index is 1.92. The number of H-pyrrole nitrogens is 1. The highest BCUT2D eigenvalue weighted by atomic mass is 32.1. The summed E-state index contributed by atoms with van der Waals surface area (Å²) in [5, 5.41) is 14.3. The Morgan fingerprint density at radius 2 is 1.83 bits per heavy atom. The lowest BCUT2D eigenvalue weighted by Crippen LogP contribution is -2.38. The highest BCUT2D eigenvalue weighted by Gasteiger charge is 2.17. The zero-order valence-electron chi connectivity index (χ0n) is 11.9. The van der Waals surface area contributed by atoms with E-state index < -0.39 is 17.5 Å². The predicted molar refractivity (Wildman–Crippen MR) is 91.0 cm³/mol. The highest BCUT2D eigenvalue weighted by Crippen LogP contribution is 2.21. The summed E-state index contributed by atoms with van der Waals surface area (Å²) in [7, 11) is 0. The normalized spacial score (nSPS) is 12.7. The first-order chi connectivity index (χ1) is 11.1. The lowest BCUT2D eigenvalue weighted by atomic mass is 10.1. The summed E-state index contributed by atoms with van der Waals surface area (Å²) < 4.78 is 1.27. The van der Waals surface area contributed by atoms with Gasteiger partial charge in [0.25, 0.3) is 5.56 Å². The third-order valence-electron chi connectivity index (χ3n) is 3.85. The molecule has 0 aliphatic carbocycles. The third kappa shape index (κ3) is 2.19. The van der Waals surface area contributed by atoms with E-state index in [0.29, 0.717) is 15.8 Å². The number of fused-ring (bicyclic) bond motifs is 2. The first-order valence-corrected chi connectivity index (χ1v) is 7.92. The van der Waals surface area contributed by atoms with Crippen LogP contribution < -0.4 is 11.2 Å². The van der Waals surface area contributed by atoms with Crippen molar-refractivity contribution in [1.29, 1.82) is 0 Å². The molecule has 6 heteroatoms. The second-order valence-corrected chi connectivity index (χ2v) is 6.17. The zero-order valence-corrected chi connectivity index (χ0v) is 12.7. The number of hydrogen-bond acceptors (Lipinski definition) is 4. The Morgan fingerprint density at radius 1 is 1.04 bits per heavy atom. The maximum Gasteiger partial charge on any atom is 0.331 e. The molecular weight excluding hydrogens is 312 g/mol. The molecule has 2 aromatic carbocycles. The Bertz CT molecular complexity index is 1140. The number of rotatable bonds is 2. The number of nitrogens with one attached hydrogen (secondary N) is 1. The minimum absolute atomic E-state index is 0.421. The predicted octanol–water partition coefficient (Wildman–Crippen LogP) is 2.44. The molecule has 0 spiro atoms. The summed E-state index contributed by atoms with van der Waals surface area (Å²) in [6, 6.07) is 14.7. The van der Waals surface area contributed by atoms with Gasteiger partial charge in [-0.15, -0.1) is 11.3 Å². The van der Waals surface area contributed by atoms with Crippen molar-refractivity contribution in [2.75, 3.05) is 0 Å². The van der Waals surface area contributed by atoms with Crippen LogP contribution in [0.15, 0.2) is 63.5 Å². The van der Waals surface area contributed by atoms with Gasteiger partial charge < -0.3 is 10.1 Å². The van der Waals surface area contributed by atoms with E-state index in [-0.39, 0.29) is 0 Å². The van der Waals surface area contributed by atoms with Crippen LogP contribution in [0, 0.1) is 0 Å². The zero-order chi connectivity index (χ0) is 16.0. The maximum absolute atomic E-state index is 12.5. The van der Waals surface area contributed by atoms with Gasteiger partial charge in [-0.25, -0.2) is 9.36 Å². The molecule has 2 N–H and O–H groups in total. The molecule has 4 aromatic rings. The first kappa shape index (κ1) is 13.9. The van der Waals surface area contributed by atoms with Gasteiger partial charge in [-0.1, -0.05) is 36.4 Å². The van der Waals surface area contributed by atoms with Gasteiger partial charge >= 0.3 is 5.69 Å². The number of benzene rings is 2. The van der Waals surface area contributed by atoms with Gasteiger partial charge in [0, 0.05) is 5.56 Å². The fourth-order valence-electron chi connectivity index (χ4n) is 2.69. The van der Waals surface area contributed by atoms with E-state index in [0.717, 1.165) is 15.3 Å². The van der Waals surface area contributed by atoms with E-state index in [1.807, 2.05) is 30.3 Å². The van der Waals surface area contributed by atoms with Crippen LogP contribution in [0.1, 0.15) is 11.8 Å². The summed E-state index contributed by atoms with van der Waals surface area (Å²) >= 11 is 1.24. The number of aromatic amines is 1. The molecule has 5 nitrogen and oxygen atoms in total. The van der Waals surface area contributed by atoms with Gasteiger partial charge in [0.1, 0.15) is 4.70 Å². The number of aliphatic hydroxyl groups is 1. The molecule has 0 amide bonds. The van der Waals surface area contributed by atoms with Gasteiger partial charge in [0.15, 0.2) is 6.23 Å². The molecule has 0 fully saturated rings. The number of thiophene rings is 1. The van der Waals surface area contributed by atoms with Crippen LogP contribution in [-0.2, 0) is 0 Å². The molecule has 0 radical (unpaired) electrons. The molecule has 114 valence electrons. The van der Waals surface area contributed by atoms with E-state index in [1.54, 1.807) is 23.6 Å². The fourth-order valence-corrected chi connectivity index (χ4v) is 3.48. The smallest absolute Gasteiger partial charge is 0.331 e. The largest absolute Gasteiger partial charge is 0.369 e. The molecule has 1 atom stereocenters. The van der Waals surface area contributed by atoms with Crippen molar-refractivity contribution in [3.63, 3.8) is 0 Å². The summed E-state index contributed by atoms with van der Waals surface area (Å²) in [6.45, 7) is 0. The molecule has 0 aliphatic heterocycles. The molecule has 0 saturated carbocycles. The minimum atomic E-state index is -1.33. The Morgan fingerprint density at radius 3 is 2.65 bits per heavy atom. The Kier molecular flexibility index (Phi) is 3.14. The summed E-state index contributed by atoms with van der Waals surface area (Å²) in [6.07, 6.45) is -1.33. The minimum Gasteiger partial charge on any atom is -0.369 e. The summed E-state index contributed by atoms with van der Waals surface area (Å²) in [5.74, 6) is 0. The first-order valence-electron chi connectivity index (χ1n) is 7.04. The topological polar surface area (TPSA) is 75.1 Å². The van der Waals surface area contributed by atoms with Crippen molar-refractivity contribution in [2.45, 2.75) is 6.23 Å². The van der Waals surface area contributed by atoms with Gasteiger partial charge in [0.05, 0.1) is 5.52 Å². The number of nitrogens with zero attached hydrogens (tertiary/aromatic N) is 1. The quantitative estimate of drug-likeness (QED) is 0.595. The lowest BCUT2D eigenvalue weighted by Gasteiger charge is -2.14. The van der Waals surface area contributed by atoms with Crippen LogP contribution in [0.4, 0.5) is 0 Å². The number of hydrogen-bond donors (Lipinski definition) is 2. The van der Waals surface area contributed by atoms with Gasteiger partial charge in [-0.2, -0.15) is 0 Å². The van der Waals surface area contributed by atoms with Crippen molar-refractivity contribution >= 4 is 32.3 Å². The molecule has 0 bridgehead atoms. The SMILES string of the molecule is O=c1[nH]c2ccsc2c(=O)n1C(O)c1ccc2ccccc2c1. The Hall–Kier alpha value is -2.70. The van der Waals surface area contributed by atoms with Crippen molar-refractivity contribution in [3.8, 4) is 0 Å². The van der Waals surface area contributed by atoms with E-state index in [1.165, 1.54) is 11.3 Å². The molecule has 4 rings (SSSR count). The van der Waals surface area contributed by atoms with E-state index >= 15 is 0 Å². The van der Waals surface area contributed by atoms with Crippen molar-refractivity contribution in [1.82, 2.24) is 9.55 Å². The van der Waals surface area contributed by atoms with Crippen LogP contribution in [0.2, 0.25) is 0 Å². The molecule has 2 aromatic heterocycles. The molecule has 0 aliphatic rings. The van der Waals surface area contributed by atoms with E-state index in [4.69, 9.17) is 0 Å². The molecule has 0 saturated heterocycles. The van der Waals surface area contributed by atoms with Crippen LogP contribution in [0.5, 0.6) is 0 Å². The number of aromatic nitrogens is 2. The summed E-state index contributed by atoms with van der Waals surface area (Å²) in [5.41, 5.74) is -0.125. The van der Waals surface area contributed by atoms with E-state index in [9.17, 15) is 14.7 Å². The maximum atomic E-state index is 12.5. The van der Waals surface area contributed by atoms with Crippen molar-refractivity contribution < 1.29 is 5.11 Å². The van der Waals surface area contributed by atoms with E-state index in [2.05, 4.69) is 4.98 Å². The lowest BCUT2D eigenvalue weighted by molar-refractivity contribution is 0.138. The van der Waals surface area contributed by atoms with Crippen LogP contribution in [0.25, 0.3) is 21.0 Å². The number of aliphatic hydroxyl groups excluding tert-OH is 1. The van der Waals surface area contributed by atoms with Gasteiger partial charge in [0.2, 0.25) is 0 Å². The van der Waals surface area contributed by atoms with Gasteiger partial charge in [-0.3, -0.25) is 4.79 Å². The molecular formula is C17H12N2O3S. The second-order valence-electron chi connectivity index (χ2n) is 5.25. The standard InChI is InChI=1S/C17H12N2O3S/c20-15(12-6-5-10-3-1-2-4-11(10)9-12)19-16(21)14-13(7-8-23-14)18-17(19)22/h1-9,15,20H,(H,18,22). The molecule has 1 unspecified atom stereocenters. The van der Waals surface area contributed by atoms with Crippen LogP contribution in [0.3, 0.4) is 0 Å². The second kappa shape index (κ2) is 5.19. The molecule has 2 heterocycles. The fraction of sp³-hybridized carbons (Fsp3) is 0.0588. The van der Waals surface area contributed by atoms with Crippen molar-refractivity contribution in [3.05, 3.63) is 80.3 Å². The van der Waals surface area contributed by atoms with Gasteiger partial charge in [-0.05, 0) is 28.3 Å². The average Bonchev–Trinajstić information content (AvgIpc) is 3.02. The summed E-state index contributed by atoms with van der Waals surface area (Å²) in [4.78, 5) is 27.3. The highest BCUT2D eigenvalue weighted by molar-refractivity contribution is 7.17. The van der Waals surface area contributed by atoms with Crippen LogP contribution in [-0.4, -0.2) is 14.7 Å². The third-order valence-corrected chi connectivity index (χ3v) is 4.76. The Labute approximate surface area is 134 Å². The average molecular weight is 324 g/mol.